The van der Waals surface area contributed by atoms with E-state index in [0.29, 0.717) is 0 Å². The Kier molecular flexibility index (Phi) is 4.62. The summed E-state index contributed by atoms with van der Waals surface area (Å²) in [6, 6.07) is 5.84. The molecule has 2 heterocycles. The molecule has 1 aromatic carbocycles. The number of rotatable bonds is 6. The lowest BCUT2D eigenvalue weighted by Crippen LogP contribution is -2.08. The standard InChI is InChI=1S/C17H19N3O2S/c1-11-9-23-17-15(11)16(19-10-20-17)18-7-6-12-8-13(21-2)4-5-14(12)22-3/h4-5,8-10H,6-7H2,1-3H3,(H,18,19,20). The Morgan fingerprint density at radius 3 is 2.83 bits per heavy atom. The van der Waals surface area contributed by atoms with Gasteiger partial charge < -0.3 is 14.8 Å². The summed E-state index contributed by atoms with van der Waals surface area (Å²) in [7, 11) is 3.35. The quantitative estimate of drug-likeness (QED) is 0.748. The number of methoxy groups -OCH3 is 2. The third-order valence-electron chi connectivity index (χ3n) is 3.73. The first kappa shape index (κ1) is 15.6. The first-order valence-electron chi connectivity index (χ1n) is 7.36. The van der Waals surface area contributed by atoms with Crippen molar-refractivity contribution in [3.63, 3.8) is 0 Å². The zero-order valence-electron chi connectivity index (χ0n) is 13.4. The number of nitrogens with one attached hydrogen (secondary N) is 1. The fourth-order valence-electron chi connectivity index (χ4n) is 2.54. The fraction of sp³-hybridized carbons (Fsp3) is 0.294. The second-order valence-corrected chi connectivity index (χ2v) is 6.03. The lowest BCUT2D eigenvalue weighted by Gasteiger charge is -2.12. The summed E-state index contributed by atoms with van der Waals surface area (Å²) < 4.78 is 10.7. The Bertz CT molecular complexity index is 817. The zero-order chi connectivity index (χ0) is 16.2. The molecule has 5 nitrogen and oxygen atoms in total. The maximum atomic E-state index is 5.42. The molecule has 0 amide bonds. The summed E-state index contributed by atoms with van der Waals surface area (Å²) in [5.41, 5.74) is 2.30. The SMILES string of the molecule is COc1ccc(OC)c(CCNc2ncnc3scc(C)c23)c1. The van der Waals surface area contributed by atoms with Gasteiger partial charge in [0.15, 0.2) is 0 Å². The minimum absolute atomic E-state index is 0.755. The number of thiophene rings is 1. The smallest absolute Gasteiger partial charge is 0.138 e. The second-order valence-electron chi connectivity index (χ2n) is 5.18. The van der Waals surface area contributed by atoms with Gasteiger partial charge in [-0.05, 0) is 48.1 Å². The van der Waals surface area contributed by atoms with Gasteiger partial charge in [0.1, 0.15) is 28.5 Å². The van der Waals surface area contributed by atoms with Crippen LogP contribution in [-0.2, 0) is 6.42 Å². The third-order valence-corrected chi connectivity index (χ3v) is 4.73. The molecule has 3 rings (SSSR count). The highest BCUT2D eigenvalue weighted by molar-refractivity contribution is 7.17. The number of hydrogen-bond donors (Lipinski definition) is 1. The molecule has 0 saturated heterocycles. The van der Waals surface area contributed by atoms with Crippen molar-refractivity contribution in [2.24, 2.45) is 0 Å². The Morgan fingerprint density at radius 1 is 1.17 bits per heavy atom. The van der Waals surface area contributed by atoms with Crippen molar-refractivity contribution in [1.29, 1.82) is 0 Å². The highest BCUT2D eigenvalue weighted by Gasteiger charge is 2.09. The van der Waals surface area contributed by atoms with Gasteiger partial charge in [-0.3, -0.25) is 0 Å². The van der Waals surface area contributed by atoms with Gasteiger partial charge in [0.25, 0.3) is 0 Å². The first-order valence-corrected chi connectivity index (χ1v) is 8.24. The molecule has 0 aliphatic heterocycles. The van der Waals surface area contributed by atoms with E-state index in [1.807, 2.05) is 18.2 Å². The van der Waals surface area contributed by atoms with Gasteiger partial charge in [-0.1, -0.05) is 0 Å². The van der Waals surface area contributed by atoms with Crippen molar-refractivity contribution >= 4 is 27.4 Å². The number of nitrogens with zero attached hydrogens (tertiary/aromatic N) is 2. The molecule has 0 aliphatic carbocycles. The molecule has 0 spiro atoms. The topological polar surface area (TPSA) is 56.3 Å². The van der Waals surface area contributed by atoms with Crippen LogP contribution in [0.25, 0.3) is 10.2 Å². The molecule has 0 fully saturated rings. The molecule has 0 saturated carbocycles. The molecule has 0 bridgehead atoms. The summed E-state index contributed by atoms with van der Waals surface area (Å²) in [6.07, 6.45) is 2.42. The predicted octanol–water partition coefficient (Wildman–Crippen LogP) is 3.67. The number of benzene rings is 1. The van der Waals surface area contributed by atoms with Crippen molar-refractivity contribution in [3.05, 3.63) is 41.0 Å². The van der Waals surface area contributed by atoms with Crippen LogP contribution in [0.2, 0.25) is 0 Å². The van der Waals surface area contributed by atoms with Crippen LogP contribution in [0.1, 0.15) is 11.1 Å². The van der Waals surface area contributed by atoms with Crippen LogP contribution in [0.5, 0.6) is 11.5 Å². The maximum Gasteiger partial charge on any atom is 0.138 e. The maximum absolute atomic E-state index is 5.42. The molecule has 2 aromatic heterocycles. The number of aromatic nitrogens is 2. The van der Waals surface area contributed by atoms with Gasteiger partial charge >= 0.3 is 0 Å². The Labute approximate surface area is 139 Å². The molecular formula is C17H19N3O2S. The van der Waals surface area contributed by atoms with Gasteiger partial charge in [0.2, 0.25) is 0 Å². The van der Waals surface area contributed by atoms with E-state index in [0.717, 1.165) is 46.1 Å². The van der Waals surface area contributed by atoms with E-state index in [9.17, 15) is 0 Å². The Hall–Kier alpha value is -2.34. The van der Waals surface area contributed by atoms with E-state index in [1.54, 1.807) is 31.9 Å². The summed E-state index contributed by atoms with van der Waals surface area (Å²) >= 11 is 1.64. The Morgan fingerprint density at radius 2 is 2.04 bits per heavy atom. The molecule has 23 heavy (non-hydrogen) atoms. The molecule has 0 unspecified atom stereocenters. The van der Waals surface area contributed by atoms with E-state index in [4.69, 9.17) is 9.47 Å². The average Bonchev–Trinajstić information content (AvgIpc) is 2.97. The van der Waals surface area contributed by atoms with Crippen molar-refractivity contribution < 1.29 is 9.47 Å². The first-order chi connectivity index (χ1) is 11.2. The molecule has 1 N–H and O–H groups in total. The summed E-state index contributed by atoms with van der Waals surface area (Å²) in [6.45, 7) is 2.84. The summed E-state index contributed by atoms with van der Waals surface area (Å²) in [4.78, 5) is 9.70. The third kappa shape index (κ3) is 3.22. The largest absolute Gasteiger partial charge is 0.497 e. The van der Waals surface area contributed by atoms with E-state index < -0.39 is 0 Å². The van der Waals surface area contributed by atoms with Crippen molar-refractivity contribution in [2.45, 2.75) is 13.3 Å². The molecule has 0 aliphatic rings. The number of aryl methyl sites for hydroxylation is 1. The highest BCUT2D eigenvalue weighted by atomic mass is 32.1. The molecule has 3 aromatic rings. The normalized spacial score (nSPS) is 10.7. The number of ether oxygens (including phenoxy) is 2. The number of anilines is 1. The van der Waals surface area contributed by atoms with Crippen LogP contribution in [0.3, 0.4) is 0 Å². The van der Waals surface area contributed by atoms with Gasteiger partial charge in [-0.2, -0.15) is 0 Å². The average molecular weight is 329 g/mol. The van der Waals surface area contributed by atoms with Crippen molar-refractivity contribution in [2.75, 3.05) is 26.1 Å². The van der Waals surface area contributed by atoms with Crippen LogP contribution >= 0.6 is 11.3 Å². The monoisotopic (exact) mass is 329 g/mol. The predicted molar refractivity (Wildman–Crippen MR) is 93.9 cm³/mol. The zero-order valence-corrected chi connectivity index (χ0v) is 14.2. The fourth-order valence-corrected chi connectivity index (χ4v) is 3.43. The van der Waals surface area contributed by atoms with Crippen LogP contribution in [0.4, 0.5) is 5.82 Å². The van der Waals surface area contributed by atoms with E-state index in [1.165, 1.54) is 5.56 Å². The molecule has 0 atom stereocenters. The van der Waals surface area contributed by atoms with Crippen LogP contribution in [0, 0.1) is 6.92 Å². The van der Waals surface area contributed by atoms with Crippen LogP contribution < -0.4 is 14.8 Å². The van der Waals surface area contributed by atoms with E-state index in [2.05, 4.69) is 27.6 Å². The minimum atomic E-state index is 0.755. The number of hydrogen-bond acceptors (Lipinski definition) is 6. The van der Waals surface area contributed by atoms with Gasteiger partial charge in [0.05, 0.1) is 19.6 Å². The molecule has 120 valence electrons. The minimum Gasteiger partial charge on any atom is -0.497 e. The lowest BCUT2D eigenvalue weighted by molar-refractivity contribution is 0.399. The summed E-state index contributed by atoms with van der Waals surface area (Å²) in [5.74, 6) is 2.58. The van der Waals surface area contributed by atoms with Crippen molar-refractivity contribution in [1.82, 2.24) is 9.97 Å². The van der Waals surface area contributed by atoms with E-state index >= 15 is 0 Å². The lowest BCUT2D eigenvalue weighted by atomic mass is 10.1. The molecule has 6 heteroatoms. The summed E-state index contributed by atoms with van der Waals surface area (Å²) in [5, 5.41) is 6.62. The van der Waals surface area contributed by atoms with Gasteiger partial charge in [0, 0.05) is 6.54 Å². The molecular weight excluding hydrogens is 310 g/mol. The Balaban J connectivity index is 1.75. The number of fused-ring (bicyclic) bond motifs is 1. The molecule has 0 radical (unpaired) electrons. The second kappa shape index (κ2) is 6.83. The van der Waals surface area contributed by atoms with Crippen LogP contribution in [0.15, 0.2) is 29.9 Å². The van der Waals surface area contributed by atoms with Crippen LogP contribution in [-0.4, -0.2) is 30.7 Å². The highest BCUT2D eigenvalue weighted by Crippen LogP contribution is 2.29. The van der Waals surface area contributed by atoms with E-state index in [-0.39, 0.29) is 0 Å². The van der Waals surface area contributed by atoms with Gasteiger partial charge in [-0.15, -0.1) is 11.3 Å². The van der Waals surface area contributed by atoms with Crippen molar-refractivity contribution in [3.8, 4) is 11.5 Å². The van der Waals surface area contributed by atoms with Gasteiger partial charge in [-0.25, -0.2) is 9.97 Å².